The third-order valence-electron chi connectivity index (χ3n) is 2.87. The Bertz CT molecular complexity index is 498. The van der Waals surface area contributed by atoms with Crippen LogP contribution in [-0.4, -0.2) is 12.1 Å². The average molecular weight is 204 g/mol. The molecule has 2 rings (SSSR count). The fourth-order valence-electron chi connectivity index (χ4n) is 1.96. The zero-order valence-corrected chi connectivity index (χ0v) is 9.35. The summed E-state index contributed by atoms with van der Waals surface area (Å²) < 4.78 is 5.19. The number of nitrogens with one attached hydrogen (secondary N) is 1. The van der Waals surface area contributed by atoms with Gasteiger partial charge in [0, 0.05) is 22.7 Å². The van der Waals surface area contributed by atoms with E-state index in [9.17, 15) is 0 Å². The Morgan fingerprint density at radius 3 is 2.73 bits per heavy atom. The first-order valence-corrected chi connectivity index (χ1v) is 5.12. The number of ether oxygens (including phenoxy) is 1. The predicted octanol–water partition coefficient (Wildman–Crippen LogP) is 2.63. The van der Waals surface area contributed by atoms with Gasteiger partial charge in [0.15, 0.2) is 0 Å². The topological polar surface area (TPSA) is 51.0 Å². The number of anilines is 1. The van der Waals surface area contributed by atoms with Crippen LogP contribution in [-0.2, 0) is 6.42 Å². The number of rotatable bonds is 2. The molecule has 0 aliphatic heterocycles. The minimum Gasteiger partial charge on any atom is -0.495 e. The summed E-state index contributed by atoms with van der Waals surface area (Å²) in [6.45, 7) is 4.25. The van der Waals surface area contributed by atoms with Crippen molar-refractivity contribution in [3.63, 3.8) is 0 Å². The molecule has 80 valence electrons. The van der Waals surface area contributed by atoms with Crippen molar-refractivity contribution < 1.29 is 4.74 Å². The van der Waals surface area contributed by atoms with Gasteiger partial charge in [0.2, 0.25) is 0 Å². The number of nitrogen functional groups attached to an aromatic ring is 1. The second-order valence-electron chi connectivity index (χ2n) is 3.72. The molecule has 0 atom stereocenters. The Hall–Kier alpha value is -1.64. The standard InChI is InChI=1S/C12H16N2O/c1-4-10-7(2)8-5-9(13)12(15-3)6-11(8)14-10/h5-6,14H,4,13H2,1-3H3. The maximum absolute atomic E-state index is 5.88. The lowest BCUT2D eigenvalue weighted by molar-refractivity contribution is 0.417. The highest BCUT2D eigenvalue weighted by Crippen LogP contribution is 2.30. The second kappa shape index (κ2) is 3.50. The van der Waals surface area contributed by atoms with Gasteiger partial charge in [0.25, 0.3) is 0 Å². The Balaban J connectivity index is 2.73. The number of hydrogen-bond acceptors (Lipinski definition) is 2. The van der Waals surface area contributed by atoms with Crippen LogP contribution in [0.5, 0.6) is 5.75 Å². The molecular formula is C12H16N2O. The summed E-state index contributed by atoms with van der Waals surface area (Å²) in [6, 6.07) is 3.93. The first-order valence-electron chi connectivity index (χ1n) is 5.12. The summed E-state index contributed by atoms with van der Waals surface area (Å²) in [5.74, 6) is 0.728. The number of nitrogens with two attached hydrogens (primary N) is 1. The van der Waals surface area contributed by atoms with Crippen molar-refractivity contribution in [3.05, 3.63) is 23.4 Å². The number of aryl methyl sites for hydroxylation is 2. The fraction of sp³-hybridized carbons (Fsp3) is 0.333. The molecule has 0 saturated heterocycles. The molecular weight excluding hydrogens is 188 g/mol. The summed E-state index contributed by atoms with van der Waals surface area (Å²) >= 11 is 0. The van der Waals surface area contributed by atoms with Gasteiger partial charge in [-0.15, -0.1) is 0 Å². The summed E-state index contributed by atoms with van der Waals surface area (Å²) in [5, 5.41) is 1.19. The Morgan fingerprint density at radius 2 is 2.13 bits per heavy atom. The van der Waals surface area contributed by atoms with Crippen LogP contribution in [0.3, 0.4) is 0 Å². The van der Waals surface area contributed by atoms with Crippen molar-refractivity contribution in [2.24, 2.45) is 0 Å². The molecule has 15 heavy (non-hydrogen) atoms. The molecule has 0 fully saturated rings. The summed E-state index contributed by atoms with van der Waals surface area (Å²) in [7, 11) is 1.63. The molecule has 0 unspecified atom stereocenters. The van der Waals surface area contributed by atoms with Gasteiger partial charge in [0.05, 0.1) is 12.8 Å². The van der Waals surface area contributed by atoms with E-state index in [1.165, 1.54) is 16.6 Å². The molecule has 2 aromatic rings. The van der Waals surface area contributed by atoms with E-state index < -0.39 is 0 Å². The number of fused-ring (bicyclic) bond motifs is 1. The van der Waals surface area contributed by atoms with Crippen LogP contribution in [0, 0.1) is 6.92 Å². The zero-order valence-electron chi connectivity index (χ0n) is 9.35. The van der Waals surface area contributed by atoms with Crippen molar-refractivity contribution >= 4 is 16.6 Å². The number of aromatic nitrogens is 1. The quantitative estimate of drug-likeness (QED) is 0.739. The molecule has 0 aliphatic carbocycles. The molecule has 3 N–H and O–H groups in total. The number of hydrogen-bond donors (Lipinski definition) is 2. The van der Waals surface area contributed by atoms with Crippen LogP contribution >= 0.6 is 0 Å². The van der Waals surface area contributed by atoms with Gasteiger partial charge in [-0.25, -0.2) is 0 Å². The molecule has 3 heteroatoms. The monoisotopic (exact) mass is 204 g/mol. The lowest BCUT2D eigenvalue weighted by Gasteiger charge is -2.03. The van der Waals surface area contributed by atoms with Gasteiger partial charge in [-0.3, -0.25) is 0 Å². The van der Waals surface area contributed by atoms with Crippen LogP contribution in [0.2, 0.25) is 0 Å². The summed E-state index contributed by atoms with van der Waals surface area (Å²) in [6.07, 6.45) is 1.00. The Kier molecular flexibility index (Phi) is 2.31. The van der Waals surface area contributed by atoms with Gasteiger partial charge < -0.3 is 15.5 Å². The van der Waals surface area contributed by atoms with E-state index >= 15 is 0 Å². The summed E-state index contributed by atoms with van der Waals surface area (Å²) in [5.41, 5.74) is 10.2. The largest absolute Gasteiger partial charge is 0.495 e. The van der Waals surface area contributed by atoms with Gasteiger partial charge >= 0.3 is 0 Å². The molecule has 3 nitrogen and oxygen atoms in total. The van der Waals surface area contributed by atoms with E-state index in [0.29, 0.717) is 5.69 Å². The highest BCUT2D eigenvalue weighted by atomic mass is 16.5. The van der Waals surface area contributed by atoms with Gasteiger partial charge in [-0.2, -0.15) is 0 Å². The third kappa shape index (κ3) is 1.44. The van der Waals surface area contributed by atoms with Gasteiger partial charge in [0.1, 0.15) is 5.75 Å². The smallest absolute Gasteiger partial charge is 0.143 e. The number of aromatic amines is 1. The highest BCUT2D eigenvalue weighted by Gasteiger charge is 2.09. The zero-order chi connectivity index (χ0) is 11.0. The Morgan fingerprint density at radius 1 is 1.40 bits per heavy atom. The molecule has 0 amide bonds. The van der Waals surface area contributed by atoms with Crippen molar-refractivity contribution in [3.8, 4) is 5.75 Å². The predicted molar refractivity (Wildman–Crippen MR) is 63.4 cm³/mol. The van der Waals surface area contributed by atoms with E-state index in [1.54, 1.807) is 7.11 Å². The van der Waals surface area contributed by atoms with Gasteiger partial charge in [-0.05, 0) is 25.0 Å². The van der Waals surface area contributed by atoms with Crippen LogP contribution in [0.4, 0.5) is 5.69 Å². The minimum atomic E-state index is 0.690. The SMILES string of the molecule is CCc1[nH]c2cc(OC)c(N)cc2c1C. The van der Waals surface area contributed by atoms with Crippen molar-refractivity contribution in [1.29, 1.82) is 0 Å². The first kappa shape index (κ1) is 9.90. The highest BCUT2D eigenvalue weighted by molar-refractivity contribution is 5.89. The van der Waals surface area contributed by atoms with E-state index in [2.05, 4.69) is 18.8 Å². The average Bonchev–Trinajstić information content (AvgIpc) is 2.54. The third-order valence-corrected chi connectivity index (χ3v) is 2.87. The van der Waals surface area contributed by atoms with Gasteiger partial charge in [-0.1, -0.05) is 6.92 Å². The molecule has 0 aliphatic rings. The van der Waals surface area contributed by atoms with Crippen molar-refractivity contribution in [1.82, 2.24) is 4.98 Å². The van der Waals surface area contributed by atoms with Crippen molar-refractivity contribution in [2.75, 3.05) is 12.8 Å². The minimum absolute atomic E-state index is 0.690. The summed E-state index contributed by atoms with van der Waals surface area (Å²) in [4.78, 5) is 3.38. The normalized spacial score (nSPS) is 10.9. The van der Waals surface area contributed by atoms with E-state index in [4.69, 9.17) is 10.5 Å². The van der Waals surface area contributed by atoms with E-state index in [-0.39, 0.29) is 0 Å². The number of methoxy groups -OCH3 is 1. The number of benzene rings is 1. The van der Waals surface area contributed by atoms with Crippen LogP contribution < -0.4 is 10.5 Å². The molecule has 0 radical (unpaired) electrons. The molecule has 0 bridgehead atoms. The van der Waals surface area contributed by atoms with Crippen LogP contribution in [0.25, 0.3) is 10.9 Å². The molecule has 1 aromatic heterocycles. The van der Waals surface area contributed by atoms with Crippen LogP contribution in [0.15, 0.2) is 12.1 Å². The maximum atomic E-state index is 5.88. The molecule has 0 saturated carbocycles. The number of H-pyrrole nitrogens is 1. The van der Waals surface area contributed by atoms with E-state index in [1.807, 2.05) is 12.1 Å². The second-order valence-corrected chi connectivity index (χ2v) is 3.72. The Labute approximate surface area is 89.2 Å². The maximum Gasteiger partial charge on any atom is 0.143 e. The van der Waals surface area contributed by atoms with E-state index in [0.717, 1.165) is 17.7 Å². The lowest BCUT2D eigenvalue weighted by atomic mass is 10.1. The fourth-order valence-corrected chi connectivity index (χ4v) is 1.96. The lowest BCUT2D eigenvalue weighted by Crippen LogP contribution is -1.91. The van der Waals surface area contributed by atoms with Crippen molar-refractivity contribution in [2.45, 2.75) is 20.3 Å². The molecule has 1 aromatic carbocycles. The molecule has 0 spiro atoms. The molecule has 1 heterocycles. The van der Waals surface area contributed by atoms with Crippen LogP contribution in [0.1, 0.15) is 18.2 Å². The first-order chi connectivity index (χ1) is 7.17.